The smallest absolute Gasteiger partial charge is 0.337 e. The molecule has 1 N–H and O–H groups in total. The zero-order valence-corrected chi connectivity index (χ0v) is 10.5. The largest absolute Gasteiger partial charge is 0.478 e. The highest BCUT2D eigenvalue weighted by Crippen LogP contribution is 2.15. The molecular formula is C15H17NO2. The second-order valence-corrected chi connectivity index (χ2v) is 4.25. The maximum atomic E-state index is 11.1. The Labute approximate surface area is 107 Å². The summed E-state index contributed by atoms with van der Waals surface area (Å²) in [7, 11) is 0. The number of carbonyl (C=O) groups is 1. The molecule has 3 nitrogen and oxygen atoms in total. The molecule has 0 atom stereocenters. The fourth-order valence-corrected chi connectivity index (χ4v) is 2.18. The summed E-state index contributed by atoms with van der Waals surface area (Å²) in [6.45, 7) is 2.83. The Kier molecular flexibility index (Phi) is 3.82. The number of rotatable bonds is 5. The van der Waals surface area contributed by atoms with Crippen molar-refractivity contribution < 1.29 is 9.90 Å². The lowest BCUT2D eigenvalue weighted by Crippen LogP contribution is -2.07. The number of benzene rings is 1. The highest BCUT2D eigenvalue weighted by atomic mass is 16.4. The molecule has 0 fully saturated rings. The van der Waals surface area contributed by atoms with Crippen LogP contribution in [0.3, 0.4) is 0 Å². The Bertz CT molecular complexity index is 529. The minimum Gasteiger partial charge on any atom is -0.478 e. The van der Waals surface area contributed by atoms with Crippen molar-refractivity contribution in [1.29, 1.82) is 0 Å². The summed E-state index contributed by atoms with van der Waals surface area (Å²) in [5.41, 5.74) is 2.57. The molecule has 2 aromatic rings. The van der Waals surface area contributed by atoms with E-state index in [0.29, 0.717) is 5.56 Å². The van der Waals surface area contributed by atoms with Crippen LogP contribution >= 0.6 is 0 Å². The molecule has 0 bridgehead atoms. The zero-order valence-electron chi connectivity index (χ0n) is 10.5. The van der Waals surface area contributed by atoms with Gasteiger partial charge in [-0.2, -0.15) is 0 Å². The first-order valence-corrected chi connectivity index (χ1v) is 6.17. The molecule has 1 aromatic heterocycles. The van der Waals surface area contributed by atoms with E-state index in [-0.39, 0.29) is 0 Å². The predicted molar refractivity (Wildman–Crippen MR) is 70.9 cm³/mol. The Morgan fingerprint density at radius 1 is 1.17 bits per heavy atom. The van der Waals surface area contributed by atoms with E-state index in [1.54, 1.807) is 6.07 Å². The summed E-state index contributed by atoms with van der Waals surface area (Å²) < 4.78 is 2.01. The molecule has 2 rings (SSSR count). The topological polar surface area (TPSA) is 42.2 Å². The van der Waals surface area contributed by atoms with E-state index in [1.807, 2.05) is 35.9 Å². The monoisotopic (exact) mass is 243 g/mol. The first kappa shape index (κ1) is 12.4. The van der Waals surface area contributed by atoms with Crippen molar-refractivity contribution in [2.45, 2.75) is 26.3 Å². The van der Waals surface area contributed by atoms with Gasteiger partial charge in [-0.1, -0.05) is 30.3 Å². The summed E-state index contributed by atoms with van der Waals surface area (Å²) in [6, 6.07) is 11.8. The number of nitrogens with zero attached hydrogens (tertiary/aromatic N) is 1. The molecule has 18 heavy (non-hydrogen) atoms. The van der Waals surface area contributed by atoms with Crippen LogP contribution in [0.5, 0.6) is 0 Å². The Hall–Kier alpha value is -2.03. The third-order valence-electron chi connectivity index (χ3n) is 3.14. The third-order valence-corrected chi connectivity index (χ3v) is 3.14. The van der Waals surface area contributed by atoms with Gasteiger partial charge in [-0.05, 0) is 31.4 Å². The van der Waals surface area contributed by atoms with Gasteiger partial charge in [-0.15, -0.1) is 0 Å². The van der Waals surface area contributed by atoms with Gasteiger partial charge in [0.25, 0.3) is 0 Å². The van der Waals surface area contributed by atoms with Crippen LogP contribution in [0.25, 0.3) is 0 Å². The minimum atomic E-state index is -0.842. The second kappa shape index (κ2) is 5.54. The van der Waals surface area contributed by atoms with Gasteiger partial charge in [-0.3, -0.25) is 0 Å². The van der Waals surface area contributed by atoms with Crippen LogP contribution in [0, 0.1) is 0 Å². The molecule has 0 aliphatic rings. The SMILES string of the molecule is CCn1ccc(C(=O)O)c1CCc1ccccc1. The minimum absolute atomic E-state index is 0.424. The van der Waals surface area contributed by atoms with Crippen molar-refractivity contribution in [2.75, 3.05) is 0 Å². The number of hydrogen-bond donors (Lipinski definition) is 1. The molecule has 94 valence electrons. The Balaban J connectivity index is 2.17. The summed E-state index contributed by atoms with van der Waals surface area (Å²) in [5, 5.41) is 9.16. The molecule has 0 unspecified atom stereocenters. The maximum Gasteiger partial charge on any atom is 0.337 e. The molecule has 0 radical (unpaired) electrons. The second-order valence-electron chi connectivity index (χ2n) is 4.25. The van der Waals surface area contributed by atoms with Crippen LogP contribution in [0.15, 0.2) is 42.6 Å². The Morgan fingerprint density at radius 3 is 2.50 bits per heavy atom. The van der Waals surface area contributed by atoms with E-state index >= 15 is 0 Å². The number of carboxylic acids is 1. The van der Waals surface area contributed by atoms with Crippen molar-refractivity contribution in [3.63, 3.8) is 0 Å². The van der Waals surface area contributed by atoms with Crippen LogP contribution in [0.4, 0.5) is 0 Å². The van der Waals surface area contributed by atoms with E-state index in [4.69, 9.17) is 5.11 Å². The van der Waals surface area contributed by atoms with Gasteiger partial charge in [0.15, 0.2) is 0 Å². The van der Waals surface area contributed by atoms with E-state index < -0.39 is 5.97 Å². The summed E-state index contributed by atoms with van der Waals surface area (Å²) >= 11 is 0. The molecule has 0 saturated heterocycles. The molecule has 0 aliphatic heterocycles. The fourth-order valence-electron chi connectivity index (χ4n) is 2.18. The number of aryl methyl sites for hydroxylation is 2. The number of carboxylic acid groups (broad SMARTS) is 1. The van der Waals surface area contributed by atoms with E-state index in [1.165, 1.54) is 5.56 Å². The van der Waals surface area contributed by atoms with E-state index in [0.717, 1.165) is 25.1 Å². The average Bonchev–Trinajstić information content (AvgIpc) is 2.80. The van der Waals surface area contributed by atoms with Gasteiger partial charge in [0.2, 0.25) is 0 Å². The summed E-state index contributed by atoms with van der Waals surface area (Å²) in [5.74, 6) is -0.842. The molecule has 3 heteroatoms. The molecule has 0 spiro atoms. The van der Waals surface area contributed by atoms with Gasteiger partial charge in [0.1, 0.15) is 0 Å². The molecule has 0 aliphatic carbocycles. The average molecular weight is 243 g/mol. The normalized spacial score (nSPS) is 10.5. The summed E-state index contributed by atoms with van der Waals surface area (Å²) in [6.07, 6.45) is 3.47. The van der Waals surface area contributed by atoms with E-state index in [9.17, 15) is 4.79 Å². The van der Waals surface area contributed by atoms with Crippen LogP contribution in [0.2, 0.25) is 0 Å². The lowest BCUT2D eigenvalue weighted by Gasteiger charge is -2.08. The lowest BCUT2D eigenvalue weighted by molar-refractivity contribution is 0.0695. The quantitative estimate of drug-likeness (QED) is 0.877. The molecule has 1 aromatic carbocycles. The number of hydrogen-bond acceptors (Lipinski definition) is 1. The van der Waals surface area contributed by atoms with Crippen LogP contribution < -0.4 is 0 Å². The molecule has 0 saturated carbocycles. The highest BCUT2D eigenvalue weighted by Gasteiger charge is 2.13. The van der Waals surface area contributed by atoms with E-state index in [2.05, 4.69) is 12.1 Å². The molecule has 0 amide bonds. The van der Waals surface area contributed by atoms with Crippen LogP contribution in [-0.4, -0.2) is 15.6 Å². The zero-order chi connectivity index (χ0) is 13.0. The lowest BCUT2D eigenvalue weighted by atomic mass is 10.1. The molecule has 1 heterocycles. The van der Waals surface area contributed by atoms with Crippen molar-refractivity contribution in [1.82, 2.24) is 4.57 Å². The highest BCUT2D eigenvalue weighted by molar-refractivity contribution is 5.89. The maximum absolute atomic E-state index is 11.1. The third kappa shape index (κ3) is 2.62. The van der Waals surface area contributed by atoms with Gasteiger partial charge >= 0.3 is 5.97 Å². The van der Waals surface area contributed by atoms with Gasteiger partial charge < -0.3 is 9.67 Å². The Morgan fingerprint density at radius 2 is 1.89 bits per heavy atom. The van der Waals surface area contributed by atoms with Gasteiger partial charge in [-0.25, -0.2) is 4.79 Å². The fraction of sp³-hybridized carbons (Fsp3) is 0.267. The standard InChI is InChI=1S/C15H17NO2/c1-2-16-11-10-13(15(17)18)14(16)9-8-12-6-4-3-5-7-12/h3-7,10-11H,2,8-9H2,1H3,(H,17,18). The van der Waals surface area contributed by atoms with Crippen LogP contribution in [-0.2, 0) is 19.4 Å². The van der Waals surface area contributed by atoms with Gasteiger partial charge in [0.05, 0.1) is 5.56 Å². The first-order valence-electron chi connectivity index (χ1n) is 6.17. The number of aromatic carboxylic acids is 1. The van der Waals surface area contributed by atoms with Crippen molar-refractivity contribution in [2.24, 2.45) is 0 Å². The van der Waals surface area contributed by atoms with Crippen LogP contribution in [0.1, 0.15) is 28.5 Å². The number of aromatic nitrogens is 1. The summed E-state index contributed by atoms with van der Waals surface area (Å²) in [4.78, 5) is 11.1. The van der Waals surface area contributed by atoms with Gasteiger partial charge in [0, 0.05) is 18.4 Å². The van der Waals surface area contributed by atoms with Crippen molar-refractivity contribution >= 4 is 5.97 Å². The molecular weight excluding hydrogens is 226 g/mol. The van der Waals surface area contributed by atoms with Crippen molar-refractivity contribution in [3.8, 4) is 0 Å². The first-order chi connectivity index (χ1) is 8.72. The predicted octanol–water partition coefficient (Wildman–Crippen LogP) is 2.99. The van der Waals surface area contributed by atoms with Crippen molar-refractivity contribution in [3.05, 3.63) is 59.4 Å².